The molecule has 2 aromatic carbocycles. The summed E-state index contributed by atoms with van der Waals surface area (Å²) < 4.78 is 18.1. The molecular weight excluding hydrogens is 362 g/mol. The molecule has 1 aromatic heterocycles. The fourth-order valence-electron chi connectivity index (χ4n) is 2.61. The molecule has 6 nitrogen and oxygen atoms in total. The number of nitrogens with zero attached hydrogens (tertiary/aromatic N) is 3. The summed E-state index contributed by atoms with van der Waals surface area (Å²) in [6, 6.07) is 15.7. The maximum absolute atomic E-state index is 5.44. The maximum atomic E-state index is 5.44. The van der Waals surface area contributed by atoms with E-state index < -0.39 is 0 Å². The molecule has 0 N–H and O–H groups in total. The molecule has 0 radical (unpaired) electrons. The van der Waals surface area contributed by atoms with Gasteiger partial charge >= 0.3 is 0 Å². The number of thioether (sulfide) groups is 1. The minimum Gasteiger partial charge on any atom is -0.497 e. The molecule has 27 heavy (non-hydrogen) atoms. The minimum absolute atomic E-state index is 0.672. The molecule has 7 heteroatoms. The van der Waals surface area contributed by atoms with Crippen LogP contribution in [0.5, 0.6) is 11.5 Å². The van der Waals surface area contributed by atoms with E-state index in [2.05, 4.69) is 10.2 Å². The molecule has 0 aliphatic rings. The monoisotopic (exact) mass is 385 g/mol. The second-order valence-electron chi connectivity index (χ2n) is 5.62. The Morgan fingerprint density at radius 1 is 0.963 bits per heavy atom. The van der Waals surface area contributed by atoms with Crippen molar-refractivity contribution in [2.45, 2.75) is 12.1 Å². The van der Waals surface area contributed by atoms with Gasteiger partial charge in [-0.1, -0.05) is 23.9 Å². The summed E-state index contributed by atoms with van der Waals surface area (Å²) in [5.74, 6) is 3.15. The van der Waals surface area contributed by atoms with Gasteiger partial charge in [-0.3, -0.25) is 4.57 Å². The van der Waals surface area contributed by atoms with Crippen molar-refractivity contribution < 1.29 is 14.2 Å². The van der Waals surface area contributed by atoms with Crippen LogP contribution < -0.4 is 9.47 Å². The van der Waals surface area contributed by atoms with Gasteiger partial charge in [-0.15, -0.1) is 10.2 Å². The van der Waals surface area contributed by atoms with Crippen LogP contribution in [0.25, 0.3) is 17.1 Å². The van der Waals surface area contributed by atoms with E-state index in [4.69, 9.17) is 14.2 Å². The van der Waals surface area contributed by atoms with E-state index in [1.165, 1.54) is 0 Å². The van der Waals surface area contributed by atoms with E-state index in [1.807, 2.05) is 60.0 Å². The Labute approximate surface area is 163 Å². The van der Waals surface area contributed by atoms with Crippen LogP contribution in [0.4, 0.5) is 0 Å². The molecule has 0 amide bonds. The van der Waals surface area contributed by atoms with Crippen LogP contribution in [0.3, 0.4) is 0 Å². The van der Waals surface area contributed by atoms with Crippen molar-refractivity contribution in [2.75, 3.05) is 33.2 Å². The number of rotatable bonds is 9. The van der Waals surface area contributed by atoms with Crippen molar-refractivity contribution in [3.05, 3.63) is 48.5 Å². The van der Waals surface area contributed by atoms with Crippen molar-refractivity contribution in [3.63, 3.8) is 0 Å². The number of hydrogen-bond acceptors (Lipinski definition) is 6. The van der Waals surface area contributed by atoms with E-state index >= 15 is 0 Å². The first-order chi connectivity index (χ1) is 13.3. The van der Waals surface area contributed by atoms with Crippen LogP contribution in [0.1, 0.15) is 6.92 Å². The molecule has 0 aliphatic carbocycles. The zero-order valence-electron chi connectivity index (χ0n) is 15.7. The van der Waals surface area contributed by atoms with Crippen LogP contribution in [-0.4, -0.2) is 48.0 Å². The highest BCUT2D eigenvalue weighted by atomic mass is 32.2. The Bertz CT molecular complexity index is 865. The summed E-state index contributed by atoms with van der Waals surface area (Å²) in [5.41, 5.74) is 1.91. The van der Waals surface area contributed by atoms with E-state index in [1.54, 1.807) is 26.0 Å². The highest BCUT2D eigenvalue weighted by Crippen LogP contribution is 2.30. The number of benzene rings is 2. The lowest BCUT2D eigenvalue weighted by molar-refractivity contribution is 0.164. The first-order valence-corrected chi connectivity index (χ1v) is 9.70. The lowest BCUT2D eigenvalue weighted by Crippen LogP contribution is -2.02. The Balaban J connectivity index is 2.00. The predicted molar refractivity (Wildman–Crippen MR) is 107 cm³/mol. The summed E-state index contributed by atoms with van der Waals surface area (Å²) in [4.78, 5) is 0. The molecule has 3 rings (SSSR count). The van der Waals surface area contributed by atoms with Gasteiger partial charge in [0.1, 0.15) is 11.5 Å². The van der Waals surface area contributed by atoms with Crippen molar-refractivity contribution in [2.24, 2.45) is 0 Å². The van der Waals surface area contributed by atoms with Gasteiger partial charge in [0.25, 0.3) is 0 Å². The normalized spacial score (nSPS) is 10.8. The first kappa shape index (κ1) is 19.3. The van der Waals surface area contributed by atoms with Crippen molar-refractivity contribution in [1.82, 2.24) is 14.8 Å². The molecule has 0 fully saturated rings. The fourth-order valence-corrected chi connectivity index (χ4v) is 3.42. The minimum atomic E-state index is 0.672. The van der Waals surface area contributed by atoms with Gasteiger partial charge in [0.15, 0.2) is 11.0 Å². The molecule has 0 aliphatic heterocycles. The molecule has 3 aromatic rings. The number of hydrogen-bond donors (Lipinski definition) is 0. The van der Waals surface area contributed by atoms with Gasteiger partial charge in [0, 0.05) is 23.6 Å². The number of methoxy groups -OCH3 is 2. The van der Waals surface area contributed by atoms with E-state index in [-0.39, 0.29) is 0 Å². The third-order valence-electron chi connectivity index (χ3n) is 3.95. The molecule has 0 saturated heterocycles. The van der Waals surface area contributed by atoms with Crippen LogP contribution in [-0.2, 0) is 4.74 Å². The number of ether oxygens (including phenoxy) is 3. The summed E-state index contributed by atoms with van der Waals surface area (Å²) in [5, 5.41) is 9.67. The van der Waals surface area contributed by atoms with Crippen molar-refractivity contribution in [3.8, 4) is 28.6 Å². The number of aromatic nitrogens is 3. The summed E-state index contributed by atoms with van der Waals surface area (Å²) >= 11 is 1.62. The Hall–Kier alpha value is -2.51. The van der Waals surface area contributed by atoms with Gasteiger partial charge in [0.05, 0.1) is 20.8 Å². The van der Waals surface area contributed by atoms with E-state index in [0.29, 0.717) is 13.2 Å². The quantitative estimate of drug-likeness (QED) is 0.409. The molecule has 0 atom stereocenters. The Kier molecular flexibility index (Phi) is 6.73. The summed E-state index contributed by atoms with van der Waals surface area (Å²) in [6.45, 7) is 3.37. The van der Waals surface area contributed by atoms with E-state index in [9.17, 15) is 0 Å². The standard InChI is InChI=1S/C20H23N3O3S/c1-4-26-12-13-27-20-22-21-19(15-6-5-7-18(14-15)25-3)23(20)16-8-10-17(24-2)11-9-16/h5-11,14H,4,12-13H2,1-3H3. The molecule has 1 heterocycles. The Morgan fingerprint density at radius 2 is 1.74 bits per heavy atom. The zero-order chi connectivity index (χ0) is 19.1. The molecular formula is C20H23N3O3S. The lowest BCUT2D eigenvalue weighted by Gasteiger charge is -2.11. The molecule has 0 spiro atoms. The third kappa shape index (κ3) is 4.61. The average molecular weight is 385 g/mol. The van der Waals surface area contributed by atoms with Crippen LogP contribution >= 0.6 is 11.8 Å². The van der Waals surface area contributed by atoms with Crippen LogP contribution in [0.2, 0.25) is 0 Å². The topological polar surface area (TPSA) is 58.4 Å². The van der Waals surface area contributed by atoms with Gasteiger partial charge < -0.3 is 14.2 Å². The van der Waals surface area contributed by atoms with Gasteiger partial charge in [-0.25, -0.2) is 0 Å². The Morgan fingerprint density at radius 3 is 2.44 bits per heavy atom. The molecule has 142 valence electrons. The highest BCUT2D eigenvalue weighted by Gasteiger charge is 2.16. The zero-order valence-corrected chi connectivity index (χ0v) is 16.5. The van der Waals surface area contributed by atoms with Crippen molar-refractivity contribution in [1.29, 1.82) is 0 Å². The van der Waals surface area contributed by atoms with E-state index in [0.717, 1.165) is 39.5 Å². The van der Waals surface area contributed by atoms with Crippen LogP contribution in [0.15, 0.2) is 53.7 Å². The first-order valence-electron chi connectivity index (χ1n) is 8.71. The largest absolute Gasteiger partial charge is 0.497 e. The van der Waals surface area contributed by atoms with Crippen molar-refractivity contribution >= 4 is 11.8 Å². The average Bonchev–Trinajstić information content (AvgIpc) is 3.15. The highest BCUT2D eigenvalue weighted by molar-refractivity contribution is 7.99. The second-order valence-corrected chi connectivity index (χ2v) is 6.68. The second kappa shape index (κ2) is 9.43. The molecule has 0 unspecified atom stereocenters. The predicted octanol–water partition coefficient (Wildman–Crippen LogP) is 4.08. The molecule has 0 saturated carbocycles. The maximum Gasteiger partial charge on any atom is 0.196 e. The smallest absolute Gasteiger partial charge is 0.196 e. The molecule has 0 bridgehead atoms. The summed E-state index contributed by atoms with van der Waals surface area (Å²) in [6.07, 6.45) is 0. The summed E-state index contributed by atoms with van der Waals surface area (Å²) in [7, 11) is 3.31. The lowest BCUT2D eigenvalue weighted by atomic mass is 10.2. The van der Waals surface area contributed by atoms with Gasteiger partial charge in [-0.2, -0.15) is 0 Å². The fraction of sp³-hybridized carbons (Fsp3) is 0.300. The SMILES string of the molecule is CCOCCSc1nnc(-c2cccc(OC)c2)n1-c1ccc(OC)cc1. The third-order valence-corrected chi connectivity index (χ3v) is 4.85. The van der Waals surface area contributed by atoms with Gasteiger partial charge in [0.2, 0.25) is 0 Å². The van der Waals surface area contributed by atoms with Gasteiger partial charge in [-0.05, 0) is 43.3 Å². The van der Waals surface area contributed by atoms with Crippen LogP contribution in [0, 0.1) is 0 Å².